The highest BCUT2D eigenvalue weighted by atomic mass is 15.1. The third-order valence-electron chi connectivity index (χ3n) is 6.13. The molecule has 1 N–H and O–H groups in total. The van der Waals surface area contributed by atoms with Gasteiger partial charge in [-0.2, -0.15) is 0 Å². The van der Waals surface area contributed by atoms with Gasteiger partial charge in [0.2, 0.25) is 0 Å². The number of rotatable bonds is 4. The molecule has 0 amide bonds. The number of benzene rings is 1. The second kappa shape index (κ2) is 5.73. The summed E-state index contributed by atoms with van der Waals surface area (Å²) in [4.78, 5) is 2.59. The van der Waals surface area contributed by atoms with E-state index in [4.69, 9.17) is 0 Å². The van der Waals surface area contributed by atoms with Crippen LogP contribution in [0.3, 0.4) is 0 Å². The van der Waals surface area contributed by atoms with Crippen LogP contribution in [-0.2, 0) is 13.0 Å². The molecule has 4 unspecified atom stereocenters. The van der Waals surface area contributed by atoms with E-state index in [0.717, 1.165) is 24.3 Å². The minimum Gasteiger partial charge on any atom is -0.308 e. The molecule has 4 rings (SSSR count). The van der Waals surface area contributed by atoms with Gasteiger partial charge in [0.05, 0.1) is 0 Å². The fourth-order valence-corrected chi connectivity index (χ4v) is 5.10. The Labute approximate surface area is 128 Å². The van der Waals surface area contributed by atoms with Gasteiger partial charge in [-0.05, 0) is 61.6 Å². The van der Waals surface area contributed by atoms with Crippen molar-refractivity contribution in [3.8, 4) is 0 Å². The van der Waals surface area contributed by atoms with Crippen molar-refractivity contribution in [3.05, 3.63) is 35.4 Å². The van der Waals surface area contributed by atoms with E-state index < -0.39 is 0 Å². The fourth-order valence-electron chi connectivity index (χ4n) is 5.10. The molecule has 2 heteroatoms. The molecule has 2 aliphatic carbocycles. The SMILES string of the molecule is CN(CC1Cc2ccccc2CN1)CC1CC2CCC1C2. The summed E-state index contributed by atoms with van der Waals surface area (Å²) in [6.45, 7) is 3.56. The molecule has 1 heterocycles. The van der Waals surface area contributed by atoms with Crippen LogP contribution in [0, 0.1) is 17.8 Å². The van der Waals surface area contributed by atoms with Crippen molar-refractivity contribution in [1.29, 1.82) is 0 Å². The quantitative estimate of drug-likeness (QED) is 0.914. The molecule has 2 nitrogen and oxygen atoms in total. The van der Waals surface area contributed by atoms with E-state index in [2.05, 4.69) is 41.5 Å². The average molecular weight is 284 g/mol. The Hall–Kier alpha value is -0.860. The number of nitrogens with one attached hydrogen (secondary N) is 1. The van der Waals surface area contributed by atoms with Crippen molar-refractivity contribution in [1.82, 2.24) is 10.2 Å². The molecule has 114 valence electrons. The minimum atomic E-state index is 0.628. The third-order valence-corrected chi connectivity index (χ3v) is 6.13. The average Bonchev–Trinajstić information content (AvgIpc) is 3.09. The van der Waals surface area contributed by atoms with E-state index in [1.807, 2.05) is 0 Å². The van der Waals surface area contributed by atoms with Gasteiger partial charge in [-0.15, -0.1) is 0 Å². The summed E-state index contributed by atoms with van der Waals surface area (Å²) in [6.07, 6.45) is 7.27. The number of hydrogen-bond acceptors (Lipinski definition) is 2. The first-order chi connectivity index (χ1) is 10.3. The van der Waals surface area contributed by atoms with E-state index in [1.165, 1.54) is 50.8 Å². The fraction of sp³-hybridized carbons (Fsp3) is 0.684. The monoisotopic (exact) mass is 284 g/mol. The van der Waals surface area contributed by atoms with Gasteiger partial charge in [-0.3, -0.25) is 0 Å². The molecule has 1 aliphatic heterocycles. The lowest BCUT2D eigenvalue weighted by molar-refractivity contribution is 0.201. The molecule has 0 aromatic heterocycles. The summed E-state index contributed by atoms with van der Waals surface area (Å²) in [7, 11) is 2.33. The standard InChI is InChI=1S/C19H28N2/c1-21(12-18-9-14-6-7-16(18)8-14)13-19-10-15-4-2-3-5-17(15)11-20-19/h2-5,14,16,18-20H,6-13H2,1H3. The Kier molecular flexibility index (Phi) is 3.76. The Balaban J connectivity index is 1.30. The van der Waals surface area contributed by atoms with Gasteiger partial charge in [0.25, 0.3) is 0 Å². The lowest BCUT2D eigenvalue weighted by atomic mass is 9.88. The smallest absolute Gasteiger partial charge is 0.0238 e. The summed E-state index contributed by atoms with van der Waals surface area (Å²) in [6, 6.07) is 9.53. The molecule has 1 aromatic carbocycles. The van der Waals surface area contributed by atoms with Crippen LogP contribution in [0.15, 0.2) is 24.3 Å². The van der Waals surface area contributed by atoms with Crippen LogP contribution < -0.4 is 5.32 Å². The topological polar surface area (TPSA) is 15.3 Å². The lowest BCUT2D eigenvalue weighted by Crippen LogP contribution is -2.44. The predicted molar refractivity (Wildman–Crippen MR) is 87.2 cm³/mol. The highest BCUT2D eigenvalue weighted by Gasteiger charge is 2.39. The van der Waals surface area contributed by atoms with Gasteiger partial charge in [-0.25, -0.2) is 0 Å². The molecule has 3 aliphatic rings. The second-order valence-electron chi connectivity index (χ2n) is 7.71. The molecule has 2 saturated carbocycles. The first-order valence-electron chi connectivity index (χ1n) is 8.76. The maximum absolute atomic E-state index is 3.72. The zero-order valence-corrected chi connectivity index (χ0v) is 13.2. The van der Waals surface area contributed by atoms with Crippen molar-refractivity contribution < 1.29 is 0 Å². The van der Waals surface area contributed by atoms with Crippen molar-refractivity contribution in [3.63, 3.8) is 0 Å². The predicted octanol–water partition coefficient (Wildman–Crippen LogP) is 3.07. The van der Waals surface area contributed by atoms with E-state index in [1.54, 1.807) is 5.56 Å². The molecule has 0 saturated heterocycles. The molecule has 1 aromatic rings. The molecule has 0 spiro atoms. The minimum absolute atomic E-state index is 0.628. The Morgan fingerprint density at radius 3 is 2.71 bits per heavy atom. The van der Waals surface area contributed by atoms with Crippen LogP contribution in [-0.4, -0.2) is 31.1 Å². The first kappa shape index (κ1) is 13.8. The summed E-state index contributed by atoms with van der Waals surface area (Å²) in [5.74, 6) is 3.12. The largest absolute Gasteiger partial charge is 0.308 e. The molecule has 21 heavy (non-hydrogen) atoms. The molecule has 4 atom stereocenters. The zero-order chi connectivity index (χ0) is 14.2. The van der Waals surface area contributed by atoms with Gasteiger partial charge in [-0.1, -0.05) is 30.7 Å². The number of hydrogen-bond donors (Lipinski definition) is 1. The first-order valence-corrected chi connectivity index (χ1v) is 8.76. The summed E-state index contributed by atoms with van der Waals surface area (Å²) in [5.41, 5.74) is 3.04. The summed E-state index contributed by atoms with van der Waals surface area (Å²) in [5, 5.41) is 3.72. The van der Waals surface area contributed by atoms with Crippen LogP contribution >= 0.6 is 0 Å². The van der Waals surface area contributed by atoms with E-state index in [-0.39, 0.29) is 0 Å². The number of nitrogens with zero attached hydrogens (tertiary/aromatic N) is 1. The van der Waals surface area contributed by atoms with Crippen LogP contribution in [0.2, 0.25) is 0 Å². The molecule has 2 bridgehead atoms. The molecule has 0 radical (unpaired) electrons. The highest BCUT2D eigenvalue weighted by molar-refractivity contribution is 5.29. The highest BCUT2D eigenvalue weighted by Crippen LogP contribution is 2.48. The van der Waals surface area contributed by atoms with Gasteiger partial charge < -0.3 is 10.2 Å². The van der Waals surface area contributed by atoms with Crippen molar-refractivity contribution in [2.75, 3.05) is 20.1 Å². The van der Waals surface area contributed by atoms with E-state index >= 15 is 0 Å². The van der Waals surface area contributed by atoms with Crippen LogP contribution in [0.4, 0.5) is 0 Å². The summed E-state index contributed by atoms with van der Waals surface area (Å²) >= 11 is 0. The van der Waals surface area contributed by atoms with Crippen molar-refractivity contribution in [2.45, 2.75) is 44.7 Å². The van der Waals surface area contributed by atoms with Crippen LogP contribution in [0.1, 0.15) is 36.8 Å². The van der Waals surface area contributed by atoms with Crippen LogP contribution in [0.25, 0.3) is 0 Å². The van der Waals surface area contributed by atoms with Crippen molar-refractivity contribution in [2.24, 2.45) is 17.8 Å². The van der Waals surface area contributed by atoms with Gasteiger partial charge >= 0.3 is 0 Å². The van der Waals surface area contributed by atoms with E-state index in [9.17, 15) is 0 Å². The van der Waals surface area contributed by atoms with Gasteiger partial charge in [0.15, 0.2) is 0 Å². The van der Waals surface area contributed by atoms with Gasteiger partial charge in [0, 0.05) is 25.7 Å². The molecular weight excluding hydrogens is 256 g/mol. The molecule has 2 fully saturated rings. The number of likely N-dealkylation sites (N-methyl/N-ethyl adjacent to an activating group) is 1. The van der Waals surface area contributed by atoms with Crippen molar-refractivity contribution >= 4 is 0 Å². The Morgan fingerprint density at radius 1 is 1.10 bits per heavy atom. The maximum atomic E-state index is 3.72. The number of fused-ring (bicyclic) bond motifs is 3. The maximum Gasteiger partial charge on any atom is 0.0238 e. The lowest BCUT2D eigenvalue weighted by Gasteiger charge is -2.32. The Morgan fingerprint density at radius 2 is 1.95 bits per heavy atom. The van der Waals surface area contributed by atoms with Crippen LogP contribution in [0.5, 0.6) is 0 Å². The zero-order valence-electron chi connectivity index (χ0n) is 13.2. The van der Waals surface area contributed by atoms with E-state index in [0.29, 0.717) is 6.04 Å². The van der Waals surface area contributed by atoms with Gasteiger partial charge in [0.1, 0.15) is 0 Å². The normalized spacial score (nSPS) is 34.4. The Bertz CT molecular complexity index is 498. The third kappa shape index (κ3) is 2.89. The summed E-state index contributed by atoms with van der Waals surface area (Å²) < 4.78 is 0. The molecular formula is C19H28N2. The second-order valence-corrected chi connectivity index (χ2v) is 7.71.